The zero-order chi connectivity index (χ0) is 13.5. The number of hydrogen-bond donors (Lipinski definition) is 0. The van der Waals surface area contributed by atoms with Gasteiger partial charge in [0.2, 0.25) is 0 Å². The number of ether oxygens (including phenoxy) is 1. The summed E-state index contributed by atoms with van der Waals surface area (Å²) >= 11 is 0. The van der Waals surface area contributed by atoms with E-state index in [0.29, 0.717) is 12.2 Å². The Morgan fingerprint density at radius 2 is 1.74 bits per heavy atom. The van der Waals surface area contributed by atoms with Gasteiger partial charge in [0.15, 0.2) is 5.78 Å². The smallest absolute Gasteiger partial charge is 0.185 e. The molecule has 2 heteroatoms. The van der Waals surface area contributed by atoms with Crippen molar-refractivity contribution in [2.75, 3.05) is 0 Å². The van der Waals surface area contributed by atoms with Gasteiger partial charge in [-0.25, -0.2) is 0 Å². The highest BCUT2D eigenvalue weighted by Crippen LogP contribution is 2.14. The lowest BCUT2D eigenvalue weighted by atomic mass is 10.1. The average Bonchev–Trinajstić information content (AvgIpc) is 2.47. The van der Waals surface area contributed by atoms with Crippen LogP contribution in [0.2, 0.25) is 0 Å². The maximum absolute atomic E-state index is 11.6. The molecule has 0 aliphatic heterocycles. The second-order valence-electron chi connectivity index (χ2n) is 4.16. The number of rotatable bonds is 5. The quantitative estimate of drug-likeness (QED) is 0.593. The maximum Gasteiger partial charge on any atom is 0.185 e. The second-order valence-corrected chi connectivity index (χ2v) is 4.16. The van der Waals surface area contributed by atoms with Crippen LogP contribution in [0.1, 0.15) is 22.8 Å². The van der Waals surface area contributed by atoms with E-state index in [0.717, 1.165) is 11.3 Å². The minimum atomic E-state index is 0.0112. The van der Waals surface area contributed by atoms with Gasteiger partial charge in [0.05, 0.1) is 0 Å². The minimum Gasteiger partial charge on any atom is -0.489 e. The summed E-state index contributed by atoms with van der Waals surface area (Å²) in [6, 6.07) is 17.2. The molecule has 0 fully saturated rings. The van der Waals surface area contributed by atoms with E-state index in [1.165, 1.54) is 0 Å². The van der Waals surface area contributed by atoms with E-state index >= 15 is 0 Å². The van der Waals surface area contributed by atoms with E-state index < -0.39 is 0 Å². The highest BCUT2D eigenvalue weighted by atomic mass is 16.5. The van der Waals surface area contributed by atoms with Crippen LogP contribution in [-0.4, -0.2) is 5.78 Å². The monoisotopic (exact) mass is 252 g/mol. The van der Waals surface area contributed by atoms with Gasteiger partial charge in [0.1, 0.15) is 12.4 Å². The first-order valence-electron chi connectivity index (χ1n) is 6.23. The summed E-state index contributed by atoms with van der Waals surface area (Å²) in [5, 5.41) is 0. The standard InChI is InChI=1S/C17H16O2/c1-2-6-17(18)15-9-11-16(12-10-15)19-13-14-7-4-3-5-8-14/h2-12H,13H2,1H3/b6-2+. The van der Waals surface area contributed by atoms with Crippen LogP contribution in [0.4, 0.5) is 0 Å². The molecule has 0 spiro atoms. The van der Waals surface area contributed by atoms with Crippen LogP contribution >= 0.6 is 0 Å². The fourth-order valence-electron chi connectivity index (χ4n) is 1.70. The van der Waals surface area contributed by atoms with E-state index in [1.54, 1.807) is 24.3 Å². The van der Waals surface area contributed by atoms with Crippen LogP contribution in [0.5, 0.6) is 5.75 Å². The lowest BCUT2D eigenvalue weighted by molar-refractivity contribution is 0.104. The van der Waals surface area contributed by atoms with Gasteiger partial charge in [-0.1, -0.05) is 36.4 Å². The summed E-state index contributed by atoms with van der Waals surface area (Å²) in [4.78, 5) is 11.6. The highest BCUT2D eigenvalue weighted by molar-refractivity contribution is 6.04. The zero-order valence-electron chi connectivity index (χ0n) is 10.9. The largest absolute Gasteiger partial charge is 0.489 e. The number of ketones is 1. The van der Waals surface area contributed by atoms with Crippen molar-refractivity contribution < 1.29 is 9.53 Å². The third-order valence-electron chi connectivity index (χ3n) is 2.71. The normalized spacial score (nSPS) is 10.6. The molecular weight excluding hydrogens is 236 g/mol. The number of carbonyl (C=O) groups is 1. The van der Waals surface area contributed by atoms with Crippen LogP contribution in [0.3, 0.4) is 0 Å². The fraction of sp³-hybridized carbons (Fsp3) is 0.118. The molecule has 0 aliphatic carbocycles. The molecule has 96 valence electrons. The van der Waals surface area contributed by atoms with Gasteiger partial charge < -0.3 is 4.74 Å². The Kier molecular flexibility index (Phi) is 4.51. The van der Waals surface area contributed by atoms with Crippen LogP contribution in [0.25, 0.3) is 0 Å². The Bertz CT molecular complexity index is 554. The molecule has 0 saturated carbocycles. The predicted octanol–water partition coefficient (Wildman–Crippen LogP) is 4.02. The summed E-state index contributed by atoms with van der Waals surface area (Å²) in [5.41, 5.74) is 1.79. The summed E-state index contributed by atoms with van der Waals surface area (Å²) < 4.78 is 5.66. The Hall–Kier alpha value is -2.35. The molecule has 2 aromatic rings. The van der Waals surface area contributed by atoms with Crippen molar-refractivity contribution in [1.29, 1.82) is 0 Å². The predicted molar refractivity (Wildman–Crippen MR) is 76.4 cm³/mol. The molecule has 0 amide bonds. The summed E-state index contributed by atoms with van der Waals surface area (Å²) in [7, 11) is 0. The first-order valence-corrected chi connectivity index (χ1v) is 6.23. The third-order valence-corrected chi connectivity index (χ3v) is 2.71. The Morgan fingerprint density at radius 1 is 1.05 bits per heavy atom. The van der Waals surface area contributed by atoms with Crippen molar-refractivity contribution in [1.82, 2.24) is 0 Å². The molecule has 0 radical (unpaired) electrons. The third kappa shape index (κ3) is 3.81. The van der Waals surface area contributed by atoms with Crippen molar-refractivity contribution >= 4 is 5.78 Å². The van der Waals surface area contributed by atoms with Gasteiger partial charge in [0, 0.05) is 5.56 Å². The number of allylic oxidation sites excluding steroid dienone is 2. The van der Waals surface area contributed by atoms with Crippen molar-refractivity contribution in [3.05, 3.63) is 77.9 Å². The molecule has 0 unspecified atom stereocenters. The van der Waals surface area contributed by atoms with Gasteiger partial charge >= 0.3 is 0 Å². The van der Waals surface area contributed by atoms with E-state index in [-0.39, 0.29) is 5.78 Å². The Balaban J connectivity index is 1.97. The van der Waals surface area contributed by atoms with E-state index in [9.17, 15) is 4.79 Å². The molecule has 0 saturated heterocycles. The minimum absolute atomic E-state index is 0.0112. The van der Waals surface area contributed by atoms with Gasteiger partial charge in [-0.15, -0.1) is 0 Å². The molecule has 2 rings (SSSR count). The molecule has 0 N–H and O–H groups in total. The molecule has 19 heavy (non-hydrogen) atoms. The first kappa shape index (κ1) is 13.1. The first-order chi connectivity index (χ1) is 9.29. The summed E-state index contributed by atoms with van der Waals surface area (Å²) in [5.74, 6) is 0.776. The van der Waals surface area contributed by atoms with Crippen LogP contribution < -0.4 is 4.74 Å². The maximum atomic E-state index is 11.6. The molecule has 0 aromatic heterocycles. The van der Waals surface area contributed by atoms with Gasteiger partial charge in [0.25, 0.3) is 0 Å². The van der Waals surface area contributed by atoms with Crippen LogP contribution in [-0.2, 0) is 6.61 Å². The Morgan fingerprint density at radius 3 is 2.37 bits per heavy atom. The zero-order valence-corrected chi connectivity index (χ0v) is 10.9. The van der Waals surface area contributed by atoms with Gasteiger partial charge in [-0.2, -0.15) is 0 Å². The van der Waals surface area contributed by atoms with Crippen molar-refractivity contribution in [2.24, 2.45) is 0 Å². The summed E-state index contributed by atoms with van der Waals surface area (Å²) in [6.07, 6.45) is 3.29. The summed E-state index contributed by atoms with van der Waals surface area (Å²) in [6.45, 7) is 2.36. The number of benzene rings is 2. The van der Waals surface area contributed by atoms with Crippen molar-refractivity contribution in [3.8, 4) is 5.75 Å². The van der Waals surface area contributed by atoms with Crippen LogP contribution in [0.15, 0.2) is 66.7 Å². The van der Waals surface area contributed by atoms with E-state index in [4.69, 9.17) is 4.74 Å². The fourth-order valence-corrected chi connectivity index (χ4v) is 1.70. The molecule has 2 nitrogen and oxygen atoms in total. The number of carbonyl (C=O) groups excluding carboxylic acids is 1. The van der Waals surface area contributed by atoms with Crippen molar-refractivity contribution in [3.63, 3.8) is 0 Å². The van der Waals surface area contributed by atoms with Crippen LogP contribution in [0, 0.1) is 0 Å². The number of hydrogen-bond acceptors (Lipinski definition) is 2. The molecule has 0 aliphatic rings. The van der Waals surface area contributed by atoms with Crippen molar-refractivity contribution in [2.45, 2.75) is 13.5 Å². The Labute approximate surface area is 113 Å². The molecule has 0 bridgehead atoms. The van der Waals surface area contributed by atoms with Gasteiger partial charge in [-0.05, 0) is 42.8 Å². The SMILES string of the molecule is C/C=C/C(=O)c1ccc(OCc2ccccc2)cc1. The van der Waals surface area contributed by atoms with Gasteiger partial charge in [-0.3, -0.25) is 4.79 Å². The lowest BCUT2D eigenvalue weighted by Crippen LogP contribution is -1.97. The lowest BCUT2D eigenvalue weighted by Gasteiger charge is -2.06. The molecule has 0 atom stereocenters. The second kappa shape index (κ2) is 6.55. The molecule has 0 heterocycles. The van der Waals surface area contributed by atoms with E-state index in [2.05, 4.69) is 0 Å². The molecular formula is C17H16O2. The highest BCUT2D eigenvalue weighted by Gasteiger charge is 2.01. The topological polar surface area (TPSA) is 26.3 Å². The average molecular weight is 252 g/mol. The molecule has 2 aromatic carbocycles. The van der Waals surface area contributed by atoms with E-state index in [1.807, 2.05) is 49.4 Å².